The average molecular weight is 409 g/mol. The van der Waals surface area contributed by atoms with Gasteiger partial charge in [0.1, 0.15) is 23.7 Å². The van der Waals surface area contributed by atoms with Crippen molar-refractivity contribution in [3.05, 3.63) is 63.5 Å². The van der Waals surface area contributed by atoms with Crippen molar-refractivity contribution < 1.29 is 9.53 Å². The number of halogens is 2. The third-order valence-electron chi connectivity index (χ3n) is 3.45. The Kier molecular flexibility index (Phi) is 5.06. The number of hydrogen-bond donors (Lipinski definition) is 1. The second-order valence-corrected chi connectivity index (χ2v) is 6.53. The van der Waals surface area contributed by atoms with Crippen LogP contribution in [0.5, 0.6) is 5.75 Å². The summed E-state index contributed by atoms with van der Waals surface area (Å²) in [6.45, 7) is 2.58. The molecule has 0 unspecified atom stereocenters. The molecule has 2 heterocycles. The molecule has 0 atom stereocenters. The largest absolute Gasteiger partial charge is 0.492 e. The Morgan fingerprint density at radius 1 is 1.33 bits per heavy atom. The lowest BCUT2D eigenvalue weighted by Crippen LogP contribution is -2.29. The molecule has 2 aromatic heterocycles. The molecule has 0 aliphatic rings. The predicted octanol–water partition coefficient (Wildman–Crippen LogP) is 3.87. The van der Waals surface area contributed by atoms with Crippen LogP contribution in [0.3, 0.4) is 0 Å². The minimum atomic E-state index is -0.193. The number of benzene rings is 1. The molecule has 0 saturated heterocycles. The number of pyridine rings is 1. The Bertz CT molecular complexity index is 877. The van der Waals surface area contributed by atoms with Gasteiger partial charge in [-0.25, -0.2) is 4.98 Å². The number of amides is 1. The zero-order valence-electron chi connectivity index (χ0n) is 12.9. The van der Waals surface area contributed by atoms with E-state index >= 15 is 0 Å². The summed E-state index contributed by atoms with van der Waals surface area (Å²) in [6.07, 6.45) is 1.74. The lowest BCUT2D eigenvalue weighted by molar-refractivity contribution is 0.0940. The smallest absolute Gasteiger partial charge is 0.270 e. The number of rotatable bonds is 5. The number of nitrogens with one attached hydrogen (secondary N) is 1. The van der Waals surface area contributed by atoms with E-state index in [0.717, 1.165) is 10.2 Å². The van der Waals surface area contributed by atoms with Gasteiger partial charge in [0, 0.05) is 21.8 Å². The molecular formula is C17H15BrClN3O2. The predicted molar refractivity (Wildman–Crippen MR) is 96.9 cm³/mol. The van der Waals surface area contributed by atoms with Gasteiger partial charge in [-0.1, -0.05) is 27.5 Å². The number of fused-ring (bicyclic) bond motifs is 1. The standard InChI is InChI=1S/C17H15BrClN3O2/c1-11-16(22-8-6-13(19)10-15(22)21-11)17(23)20-7-9-24-14-4-2-12(18)3-5-14/h2-6,8,10H,7,9H2,1H3,(H,20,23). The molecule has 0 radical (unpaired) electrons. The van der Waals surface area contributed by atoms with E-state index in [0.29, 0.717) is 35.2 Å². The van der Waals surface area contributed by atoms with Crippen LogP contribution in [-0.4, -0.2) is 28.4 Å². The number of carbonyl (C=O) groups excluding carboxylic acids is 1. The Hall–Kier alpha value is -2.05. The molecule has 3 rings (SSSR count). The zero-order valence-corrected chi connectivity index (χ0v) is 15.3. The lowest BCUT2D eigenvalue weighted by atomic mass is 10.3. The van der Waals surface area contributed by atoms with Gasteiger partial charge in [-0.3, -0.25) is 9.20 Å². The number of hydrogen-bond acceptors (Lipinski definition) is 3. The maximum Gasteiger partial charge on any atom is 0.270 e. The van der Waals surface area contributed by atoms with E-state index in [1.807, 2.05) is 24.3 Å². The third kappa shape index (κ3) is 3.71. The van der Waals surface area contributed by atoms with Gasteiger partial charge in [0.15, 0.2) is 0 Å². The van der Waals surface area contributed by atoms with Crippen LogP contribution in [0.25, 0.3) is 5.65 Å². The molecule has 0 bridgehead atoms. The molecular weight excluding hydrogens is 394 g/mol. The van der Waals surface area contributed by atoms with Gasteiger partial charge in [0.2, 0.25) is 0 Å². The summed E-state index contributed by atoms with van der Waals surface area (Å²) in [6, 6.07) is 11.0. The van der Waals surface area contributed by atoms with Crippen molar-refractivity contribution in [2.75, 3.05) is 13.2 Å². The van der Waals surface area contributed by atoms with E-state index in [2.05, 4.69) is 26.2 Å². The van der Waals surface area contributed by atoms with Gasteiger partial charge in [-0.2, -0.15) is 0 Å². The summed E-state index contributed by atoms with van der Waals surface area (Å²) in [5.74, 6) is 0.565. The van der Waals surface area contributed by atoms with Crippen molar-refractivity contribution in [2.24, 2.45) is 0 Å². The van der Waals surface area contributed by atoms with Crippen molar-refractivity contribution in [1.29, 1.82) is 0 Å². The molecule has 3 aromatic rings. The molecule has 0 fully saturated rings. The maximum absolute atomic E-state index is 12.4. The molecule has 7 heteroatoms. The molecule has 124 valence electrons. The van der Waals surface area contributed by atoms with Crippen LogP contribution in [-0.2, 0) is 0 Å². The van der Waals surface area contributed by atoms with Crippen molar-refractivity contribution >= 4 is 39.1 Å². The van der Waals surface area contributed by atoms with Crippen LogP contribution >= 0.6 is 27.5 Å². The number of aryl methyl sites for hydroxylation is 1. The van der Waals surface area contributed by atoms with Gasteiger partial charge in [0.25, 0.3) is 5.91 Å². The van der Waals surface area contributed by atoms with E-state index < -0.39 is 0 Å². The number of aromatic nitrogens is 2. The number of nitrogens with zero attached hydrogens (tertiary/aromatic N) is 2. The maximum atomic E-state index is 12.4. The normalized spacial score (nSPS) is 10.8. The first-order chi connectivity index (χ1) is 11.5. The highest BCUT2D eigenvalue weighted by Crippen LogP contribution is 2.17. The zero-order chi connectivity index (χ0) is 17.1. The summed E-state index contributed by atoms with van der Waals surface area (Å²) in [4.78, 5) is 16.8. The quantitative estimate of drug-likeness (QED) is 0.652. The Balaban J connectivity index is 1.61. The first-order valence-corrected chi connectivity index (χ1v) is 8.52. The van der Waals surface area contributed by atoms with Crippen molar-refractivity contribution in [3.63, 3.8) is 0 Å². The van der Waals surface area contributed by atoms with Gasteiger partial charge in [0.05, 0.1) is 12.2 Å². The number of ether oxygens (including phenoxy) is 1. The topological polar surface area (TPSA) is 55.6 Å². The van der Waals surface area contributed by atoms with Crippen LogP contribution in [0.2, 0.25) is 5.02 Å². The third-order valence-corrected chi connectivity index (χ3v) is 4.21. The fourth-order valence-electron chi connectivity index (χ4n) is 2.36. The number of imidazole rings is 1. The Labute approximate surface area is 152 Å². The lowest BCUT2D eigenvalue weighted by Gasteiger charge is -2.08. The SMILES string of the molecule is Cc1nc2cc(Cl)ccn2c1C(=O)NCCOc1ccc(Br)cc1. The van der Waals surface area contributed by atoms with Crippen LogP contribution in [0.4, 0.5) is 0 Å². The minimum absolute atomic E-state index is 0.193. The summed E-state index contributed by atoms with van der Waals surface area (Å²) in [5, 5.41) is 3.43. The molecule has 1 aromatic carbocycles. The molecule has 1 N–H and O–H groups in total. The minimum Gasteiger partial charge on any atom is -0.492 e. The summed E-state index contributed by atoms with van der Waals surface area (Å²) < 4.78 is 8.31. The second kappa shape index (κ2) is 7.23. The van der Waals surface area contributed by atoms with Gasteiger partial charge >= 0.3 is 0 Å². The Morgan fingerprint density at radius 3 is 2.83 bits per heavy atom. The van der Waals surface area contributed by atoms with Gasteiger partial charge < -0.3 is 10.1 Å². The average Bonchev–Trinajstić information content (AvgIpc) is 2.88. The molecule has 0 aliphatic carbocycles. The fourth-order valence-corrected chi connectivity index (χ4v) is 2.78. The fraction of sp³-hybridized carbons (Fsp3) is 0.176. The highest BCUT2D eigenvalue weighted by atomic mass is 79.9. The van der Waals surface area contributed by atoms with Crippen molar-refractivity contribution in [3.8, 4) is 5.75 Å². The van der Waals surface area contributed by atoms with Crippen molar-refractivity contribution in [2.45, 2.75) is 6.92 Å². The summed E-state index contributed by atoms with van der Waals surface area (Å²) in [5.41, 5.74) is 1.81. The molecule has 24 heavy (non-hydrogen) atoms. The highest BCUT2D eigenvalue weighted by Gasteiger charge is 2.16. The second-order valence-electron chi connectivity index (χ2n) is 5.18. The van der Waals surface area contributed by atoms with E-state index in [9.17, 15) is 4.79 Å². The number of carbonyl (C=O) groups is 1. The van der Waals surface area contributed by atoms with Gasteiger partial charge in [-0.05, 0) is 37.3 Å². The van der Waals surface area contributed by atoms with Crippen LogP contribution in [0, 0.1) is 6.92 Å². The first-order valence-electron chi connectivity index (χ1n) is 7.35. The van der Waals surface area contributed by atoms with E-state index in [4.69, 9.17) is 16.3 Å². The molecule has 1 amide bonds. The van der Waals surface area contributed by atoms with E-state index in [1.165, 1.54) is 0 Å². The van der Waals surface area contributed by atoms with Crippen molar-refractivity contribution in [1.82, 2.24) is 14.7 Å². The molecule has 0 spiro atoms. The van der Waals surface area contributed by atoms with Crippen LogP contribution in [0.1, 0.15) is 16.2 Å². The first kappa shape index (κ1) is 16.8. The van der Waals surface area contributed by atoms with E-state index in [1.54, 1.807) is 29.7 Å². The van der Waals surface area contributed by atoms with Gasteiger partial charge in [-0.15, -0.1) is 0 Å². The molecule has 5 nitrogen and oxygen atoms in total. The van der Waals surface area contributed by atoms with Crippen LogP contribution in [0.15, 0.2) is 47.1 Å². The van der Waals surface area contributed by atoms with Crippen LogP contribution < -0.4 is 10.1 Å². The summed E-state index contributed by atoms with van der Waals surface area (Å²) in [7, 11) is 0. The van der Waals surface area contributed by atoms with E-state index in [-0.39, 0.29) is 5.91 Å². The Morgan fingerprint density at radius 2 is 2.08 bits per heavy atom. The monoisotopic (exact) mass is 407 g/mol. The molecule has 0 aliphatic heterocycles. The highest BCUT2D eigenvalue weighted by molar-refractivity contribution is 9.10. The molecule has 0 saturated carbocycles. The summed E-state index contributed by atoms with van der Waals surface area (Å²) >= 11 is 9.33.